The van der Waals surface area contributed by atoms with Crippen LogP contribution in [-0.4, -0.2) is 35.6 Å². The molecule has 0 unspecified atom stereocenters. The summed E-state index contributed by atoms with van der Waals surface area (Å²) in [5, 5.41) is 1.39. The van der Waals surface area contributed by atoms with Crippen molar-refractivity contribution in [2.75, 3.05) is 26.2 Å². The molecule has 0 saturated carbocycles. The first-order valence-corrected chi connectivity index (χ1v) is 7.14. The van der Waals surface area contributed by atoms with Crippen LogP contribution in [0.2, 0.25) is 0 Å². The van der Waals surface area contributed by atoms with Gasteiger partial charge < -0.3 is 9.47 Å². The molecule has 2 aromatic rings. The van der Waals surface area contributed by atoms with Crippen molar-refractivity contribution in [3.8, 4) is 0 Å². The van der Waals surface area contributed by atoms with Crippen LogP contribution in [0.1, 0.15) is 26.3 Å². The van der Waals surface area contributed by atoms with Crippen molar-refractivity contribution < 1.29 is 4.48 Å². The van der Waals surface area contributed by atoms with Gasteiger partial charge in [0.25, 0.3) is 0 Å². The minimum atomic E-state index is 1.17. The van der Waals surface area contributed by atoms with E-state index in [1.807, 2.05) is 0 Å². The number of hydrogen-bond donors (Lipinski definition) is 1. The Morgan fingerprint density at radius 3 is 2.33 bits per heavy atom. The molecule has 0 saturated heterocycles. The number of nitrogens with one attached hydrogen (secondary N) is 1. The lowest BCUT2D eigenvalue weighted by molar-refractivity contribution is -0.923. The Morgan fingerprint density at radius 2 is 1.67 bits per heavy atom. The van der Waals surface area contributed by atoms with Crippen LogP contribution in [0.4, 0.5) is 0 Å². The molecule has 1 aromatic heterocycles. The lowest BCUT2D eigenvalue weighted by Crippen LogP contribution is -2.48. The smallest absolute Gasteiger partial charge is 0.0828 e. The maximum Gasteiger partial charge on any atom is 0.0828 e. The molecule has 1 N–H and O–H groups in total. The maximum absolute atomic E-state index is 3.37. The zero-order valence-corrected chi connectivity index (χ0v) is 11.9. The van der Waals surface area contributed by atoms with Crippen LogP contribution in [0.3, 0.4) is 0 Å². The van der Waals surface area contributed by atoms with E-state index in [1.165, 1.54) is 53.5 Å². The van der Waals surface area contributed by atoms with Gasteiger partial charge in [-0.3, -0.25) is 0 Å². The summed E-state index contributed by atoms with van der Waals surface area (Å²) in [6.45, 7) is 11.9. The quantitative estimate of drug-likeness (QED) is 0.749. The summed E-state index contributed by atoms with van der Waals surface area (Å²) in [6.07, 6.45) is 3.35. The van der Waals surface area contributed by atoms with E-state index in [2.05, 4.69) is 56.2 Å². The zero-order valence-electron chi connectivity index (χ0n) is 11.9. The van der Waals surface area contributed by atoms with E-state index < -0.39 is 0 Å². The number of nitrogens with zero attached hydrogens (tertiary/aromatic N) is 1. The van der Waals surface area contributed by atoms with Crippen molar-refractivity contribution in [1.82, 2.24) is 4.98 Å². The first-order chi connectivity index (χ1) is 8.74. The van der Waals surface area contributed by atoms with Gasteiger partial charge in [-0.1, -0.05) is 18.2 Å². The van der Waals surface area contributed by atoms with Crippen molar-refractivity contribution in [3.05, 3.63) is 36.0 Å². The first kappa shape index (κ1) is 13.2. The second kappa shape index (κ2) is 5.57. The van der Waals surface area contributed by atoms with Crippen molar-refractivity contribution in [2.24, 2.45) is 0 Å². The van der Waals surface area contributed by atoms with Gasteiger partial charge in [0.05, 0.1) is 26.2 Å². The Balaban J connectivity index is 2.14. The van der Waals surface area contributed by atoms with Gasteiger partial charge >= 0.3 is 0 Å². The Morgan fingerprint density at radius 1 is 1.00 bits per heavy atom. The highest BCUT2D eigenvalue weighted by Gasteiger charge is 2.20. The number of quaternary nitrogens is 1. The van der Waals surface area contributed by atoms with E-state index in [9.17, 15) is 0 Å². The molecule has 18 heavy (non-hydrogen) atoms. The van der Waals surface area contributed by atoms with E-state index in [0.29, 0.717) is 0 Å². The third-order valence-corrected chi connectivity index (χ3v) is 4.54. The predicted octanol–water partition coefficient (Wildman–Crippen LogP) is 3.59. The number of H-pyrrole nitrogens is 1. The molecule has 0 aliphatic carbocycles. The lowest BCUT2D eigenvalue weighted by atomic mass is 10.1. The van der Waals surface area contributed by atoms with Gasteiger partial charge in [0.2, 0.25) is 0 Å². The van der Waals surface area contributed by atoms with Crippen LogP contribution in [0.25, 0.3) is 10.9 Å². The van der Waals surface area contributed by atoms with E-state index in [-0.39, 0.29) is 0 Å². The fourth-order valence-electron chi connectivity index (χ4n) is 2.84. The molecule has 2 nitrogen and oxygen atoms in total. The van der Waals surface area contributed by atoms with Crippen LogP contribution in [-0.2, 0) is 6.42 Å². The second-order valence-corrected chi connectivity index (χ2v) is 5.12. The molecular weight excluding hydrogens is 220 g/mol. The summed E-state index contributed by atoms with van der Waals surface area (Å²) < 4.78 is 1.22. The fourth-order valence-corrected chi connectivity index (χ4v) is 2.84. The molecule has 0 aliphatic heterocycles. The average Bonchev–Trinajstić information content (AvgIpc) is 2.85. The van der Waals surface area contributed by atoms with Crippen LogP contribution in [0, 0.1) is 0 Å². The van der Waals surface area contributed by atoms with Gasteiger partial charge in [-0.25, -0.2) is 0 Å². The Kier molecular flexibility index (Phi) is 4.07. The number of para-hydroxylation sites is 1. The number of fused-ring (bicyclic) bond motifs is 1. The molecule has 0 amide bonds. The number of hydrogen-bond acceptors (Lipinski definition) is 0. The van der Waals surface area contributed by atoms with Crippen LogP contribution in [0.5, 0.6) is 0 Å². The number of aromatic nitrogens is 1. The molecule has 1 heterocycles. The largest absolute Gasteiger partial charge is 0.361 e. The van der Waals surface area contributed by atoms with Gasteiger partial charge in [-0.05, 0) is 32.4 Å². The van der Waals surface area contributed by atoms with Crippen LogP contribution < -0.4 is 0 Å². The summed E-state index contributed by atoms with van der Waals surface area (Å²) in [7, 11) is 0. The van der Waals surface area contributed by atoms with Crippen molar-refractivity contribution in [2.45, 2.75) is 27.2 Å². The summed E-state index contributed by atoms with van der Waals surface area (Å²) in [5.41, 5.74) is 2.72. The van der Waals surface area contributed by atoms with E-state index >= 15 is 0 Å². The van der Waals surface area contributed by atoms with Crippen molar-refractivity contribution in [3.63, 3.8) is 0 Å². The fraction of sp³-hybridized carbons (Fsp3) is 0.500. The molecule has 0 bridgehead atoms. The van der Waals surface area contributed by atoms with Crippen LogP contribution >= 0.6 is 0 Å². The van der Waals surface area contributed by atoms with Crippen molar-refractivity contribution in [1.29, 1.82) is 0 Å². The maximum atomic E-state index is 3.37. The minimum Gasteiger partial charge on any atom is -0.361 e. The van der Waals surface area contributed by atoms with Gasteiger partial charge in [0, 0.05) is 23.5 Å². The normalized spacial score (nSPS) is 12.2. The van der Waals surface area contributed by atoms with E-state index in [0.717, 1.165) is 0 Å². The third-order valence-electron chi connectivity index (χ3n) is 4.54. The molecule has 0 spiro atoms. The lowest BCUT2D eigenvalue weighted by Gasteiger charge is -2.35. The topological polar surface area (TPSA) is 15.8 Å². The van der Waals surface area contributed by atoms with Gasteiger partial charge in [0.1, 0.15) is 0 Å². The standard InChI is InChI=1S/C16H25N2/c1-4-18(5-2,6-3)12-11-14-13-17-16-10-8-7-9-15(14)16/h7-10,13,17H,4-6,11-12H2,1-3H3/q+1. The monoisotopic (exact) mass is 245 g/mol. The Bertz CT molecular complexity index is 486. The van der Waals surface area contributed by atoms with Gasteiger partial charge in [-0.2, -0.15) is 0 Å². The highest BCUT2D eigenvalue weighted by molar-refractivity contribution is 5.82. The molecule has 2 rings (SSSR count). The molecule has 0 fully saturated rings. The number of likely N-dealkylation sites (N-methyl/N-ethyl adjacent to an activating group) is 1. The Labute approximate surface area is 110 Å². The van der Waals surface area contributed by atoms with Gasteiger partial charge in [-0.15, -0.1) is 0 Å². The first-order valence-electron chi connectivity index (χ1n) is 7.14. The highest BCUT2D eigenvalue weighted by Crippen LogP contribution is 2.19. The summed E-state index contributed by atoms with van der Waals surface area (Å²) >= 11 is 0. The van der Waals surface area contributed by atoms with E-state index in [1.54, 1.807) is 0 Å². The number of rotatable bonds is 6. The van der Waals surface area contributed by atoms with Crippen LogP contribution in [0.15, 0.2) is 30.5 Å². The zero-order chi connectivity index (χ0) is 13.0. The summed E-state index contributed by atoms with van der Waals surface area (Å²) in [6, 6.07) is 8.59. The molecule has 2 heteroatoms. The van der Waals surface area contributed by atoms with E-state index in [4.69, 9.17) is 0 Å². The Hall–Kier alpha value is -1.28. The third kappa shape index (κ3) is 2.44. The van der Waals surface area contributed by atoms with Gasteiger partial charge in [0.15, 0.2) is 0 Å². The SMILES string of the molecule is CC[N+](CC)(CC)CCc1c[nH]c2ccccc12. The molecule has 0 atom stereocenters. The minimum absolute atomic E-state index is 1.17. The molecular formula is C16H25N2+. The predicted molar refractivity (Wildman–Crippen MR) is 78.8 cm³/mol. The number of aromatic amines is 1. The number of benzene rings is 1. The average molecular weight is 245 g/mol. The molecule has 98 valence electrons. The molecule has 0 aliphatic rings. The molecule has 1 aromatic carbocycles. The second-order valence-electron chi connectivity index (χ2n) is 5.12. The highest BCUT2D eigenvalue weighted by atomic mass is 15.3. The summed E-state index contributed by atoms with van der Waals surface area (Å²) in [5.74, 6) is 0. The van der Waals surface area contributed by atoms with Crippen molar-refractivity contribution >= 4 is 10.9 Å². The molecule has 0 radical (unpaired) electrons. The summed E-state index contributed by atoms with van der Waals surface area (Å²) in [4.78, 5) is 3.37.